The molecular formula is C18H12ClN6O6P. The van der Waals surface area contributed by atoms with Crippen LogP contribution in [0.15, 0.2) is 48.5 Å². The van der Waals surface area contributed by atoms with Crippen molar-refractivity contribution < 1.29 is 28.3 Å². The van der Waals surface area contributed by atoms with Gasteiger partial charge in [0.05, 0.1) is 16.1 Å². The Kier molecular flexibility index (Phi) is 4.72. The average molecular weight is 475 g/mol. The molecule has 14 heteroatoms. The van der Waals surface area contributed by atoms with E-state index in [2.05, 4.69) is 30.8 Å². The lowest BCUT2D eigenvalue weighted by molar-refractivity contribution is 0.289. The largest absolute Gasteiger partial charge is 0.647 e. The van der Waals surface area contributed by atoms with E-state index < -0.39 is 19.3 Å². The predicted molar refractivity (Wildman–Crippen MR) is 112 cm³/mol. The number of nitrogens with one attached hydrogen (secondary N) is 2. The molecule has 0 aliphatic heterocycles. The van der Waals surface area contributed by atoms with Crippen LogP contribution in [-0.2, 0) is 4.57 Å². The van der Waals surface area contributed by atoms with Gasteiger partial charge in [0.25, 0.3) is 0 Å². The van der Waals surface area contributed by atoms with Crippen molar-refractivity contribution in [3.8, 4) is 28.7 Å². The Balaban J connectivity index is 1.63. The Morgan fingerprint density at radius 3 is 1.84 bits per heavy atom. The number of halogens is 1. The van der Waals surface area contributed by atoms with E-state index in [1.54, 1.807) is 12.1 Å². The number of hydrogen-bond acceptors (Lipinski definition) is 10. The van der Waals surface area contributed by atoms with E-state index in [0.29, 0.717) is 11.0 Å². The Morgan fingerprint density at radius 1 is 0.781 bits per heavy atom. The SMILES string of the molecule is O=P(Oc1ccccc1Cl)(Oc1c(O)ccc2[nH]nnc12)Oc1c(O)ccc2[nH]nnc12. The smallest absolute Gasteiger partial charge is 0.504 e. The topological polar surface area (TPSA) is 168 Å². The van der Waals surface area contributed by atoms with Crippen molar-refractivity contribution in [2.75, 3.05) is 0 Å². The van der Waals surface area contributed by atoms with Crippen LogP contribution >= 0.6 is 19.4 Å². The summed E-state index contributed by atoms with van der Waals surface area (Å²) in [5.41, 5.74) is 0.924. The van der Waals surface area contributed by atoms with Crippen LogP contribution in [0.4, 0.5) is 0 Å². The van der Waals surface area contributed by atoms with Gasteiger partial charge in [0.1, 0.15) is 0 Å². The van der Waals surface area contributed by atoms with Crippen molar-refractivity contribution in [2.24, 2.45) is 0 Å². The van der Waals surface area contributed by atoms with Gasteiger partial charge in [0.15, 0.2) is 28.3 Å². The number of aromatic amines is 2. The minimum atomic E-state index is -4.69. The van der Waals surface area contributed by atoms with E-state index in [9.17, 15) is 14.8 Å². The number of benzene rings is 3. The van der Waals surface area contributed by atoms with Gasteiger partial charge in [-0.2, -0.15) is 4.57 Å². The number of phenols is 2. The molecule has 5 rings (SSSR count). The number of hydrogen-bond donors (Lipinski definition) is 4. The van der Waals surface area contributed by atoms with E-state index in [0.717, 1.165) is 0 Å². The number of nitrogens with zero attached hydrogens (tertiary/aromatic N) is 4. The number of aromatic hydroxyl groups is 2. The van der Waals surface area contributed by atoms with Crippen LogP contribution in [0.1, 0.15) is 0 Å². The minimum absolute atomic E-state index is 0.0314. The molecule has 4 N–H and O–H groups in total. The number of aromatic nitrogens is 6. The molecule has 2 heterocycles. The van der Waals surface area contributed by atoms with Crippen molar-refractivity contribution in [1.82, 2.24) is 30.8 Å². The summed E-state index contributed by atoms with van der Waals surface area (Å²) in [6.07, 6.45) is 0. The number of phosphoric acid groups is 1. The zero-order valence-corrected chi connectivity index (χ0v) is 17.4. The number of fused-ring (bicyclic) bond motifs is 2. The zero-order valence-electron chi connectivity index (χ0n) is 15.8. The molecule has 0 atom stereocenters. The average Bonchev–Trinajstić information content (AvgIpc) is 3.44. The second-order valence-corrected chi connectivity index (χ2v) is 8.24. The molecule has 5 aromatic rings. The van der Waals surface area contributed by atoms with Gasteiger partial charge in [-0.25, -0.2) is 0 Å². The normalized spacial score (nSPS) is 11.7. The van der Waals surface area contributed by atoms with E-state index in [1.165, 1.54) is 36.4 Å². The molecule has 0 aliphatic rings. The Labute approximate surface area is 183 Å². The molecule has 2 aromatic heterocycles. The maximum atomic E-state index is 13.8. The third kappa shape index (κ3) is 3.51. The first-order valence-electron chi connectivity index (χ1n) is 8.92. The molecule has 0 saturated carbocycles. The molecule has 3 aromatic carbocycles. The summed E-state index contributed by atoms with van der Waals surface area (Å²) in [5, 5.41) is 40.9. The second-order valence-electron chi connectivity index (χ2n) is 6.40. The molecule has 162 valence electrons. The van der Waals surface area contributed by atoms with Crippen LogP contribution in [0.5, 0.6) is 28.7 Å². The van der Waals surface area contributed by atoms with Crippen molar-refractivity contribution in [3.63, 3.8) is 0 Å². The molecule has 0 spiro atoms. The van der Waals surface area contributed by atoms with Gasteiger partial charge < -0.3 is 23.8 Å². The molecule has 0 bridgehead atoms. The van der Waals surface area contributed by atoms with Crippen LogP contribution in [0, 0.1) is 0 Å². The molecule has 12 nitrogen and oxygen atoms in total. The van der Waals surface area contributed by atoms with Gasteiger partial charge in [0, 0.05) is 0 Å². The van der Waals surface area contributed by atoms with E-state index in [4.69, 9.17) is 25.2 Å². The van der Waals surface area contributed by atoms with Crippen molar-refractivity contribution in [3.05, 3.63) is 53.6 Å². The molecule has 0 fully saturated rings. The fraction of sp³-hybridized carbons (Fsp3) is 0. The van der Waals surface area contributed by atoms with Crippen molar-refractivity contribution >= 4 is 41.5 Å². The second kappa shape index (κ2) is 7.59. The fourth-order valence-electron chi connectivity index (χ4n) is 2.86. The van der Waals surface area contributed by atoms with Gasteiger partial charge >= 0.3 is 7.82 Å². The van der Waals surface area contributed by atoms with E-state index in [1.807, 2.05) is 0 Å². The number of phenolic OH excluding ortho intramolecular Hbond substituents is 2. The zero-order chi connectivity index (χ0) is 22.3. The molecular weight excluding hydrogens is 463 g/mol. The molecule has 0 unspecified atom stereocenters. The van der Waals surface area contributed by atoms with Crippen molar-refractivity contribution in [2.45, 2.75) is 0 Å². The van der Waals surface area contributed by atoms with Crippen LogP contribution < -0.4 is 13.6 Å². The summed E-state index contributed by atoms with van der Waals surface area (Å²) in [6, 6.07) is 11.8. The summed E-state index contributed by atoms with van der Waals surface area (Å²) in [7, 11) is -4.69. The summed E-state index contributed by atoms with van der Waals surface area (Å²) < 4.78 is 30.5. The van der Waals surface area contributed by atoms with Crippen molar-refractivity contribution in [1.29, 1.82) is 0 Å². The maximum Gasteiger partial charge on any atom is 0.647 e. The van der Waals surface area contributed by atoms with Crippen LogP contribution in [0.2, 0.25) is 5.02 Å². The summed E-state index contributed by atoms with van der Waals surface area (Å²) in [5.74, 6) is -1.48. The highest BCUT2D eigenvalue weighted by atomic mass is 35.5. The first-order chi connectivity index (χ1) is 15.4. The lowest BCUT2D eigenvalue weighted by Crippen LogP contribution is -2.09. The third-order valence-corrected chi connectivity index (χ3v) is 5.86. The van der Waals surface area contributed by atoms with Crippen LogP contribution in [0.3, 0.4) is 0 Å². The van der Waals surface area contributed by atoms with Gasteiger partial charge in [-0.05, 0) is 36.4 Å². The van der Waals surface area contributed by atoms with Gasteiger partial charge in [-0.1, -0.05) is 34.2 Å². The van der Waals surface area contributed by atoms with Crippen LogP contribution in [0.25, 0.3) is 22.1 Å². The third-order valence-electron chi connectivity index (χ3n) is 4.32. The quantitative estimate of drug-likeness (QED) is 0.264. The van der Waals surface area contributed by atoms with Gasteiger partial charge in [-0.15, -0.1) is 10.2 Å². The van der Waals surface area contributed by atoms with E-state index >= 15 is 0 Å². The Bertz CT molecular complexity index is 1420. The summed E-state index contributed by atoms with van der Waals surface area (Å²) >= 11 is 6.14. The summed E-state index contributed by atoms with van der Waals surface area (Å²) in [6.45, 7) is 0. The van der Waals surface area contributed by atoms with E-state index in [-0.39, 0.29) is 33.3 Å². The van der Waals surface area contributed by atoms with Gasteiger partial charge in [-0.3, -0.25) is 10.2 Å². The number of H-pyrrole nitrogens is 2. The Morgan fingerprint density at radius 2 is 1.31 bits per heavy atom. The molecule has 0 radical (unpaired) electrons. The standard InChI is InChI=1S/C18H12ClN6O6P/c19-9-3-1-2-4-14(9)29-32(28,30-17-12(26)7-5-10-15(17)22-24-20-10)31-18-13(27)8-6-11-16(18)23-25-21-11/h1-8,26-27H,(H,20,22,24)(H,21,23,25). The highest BCUT2D eigenvalue weighted by Gasteiger charge is 2.38. The number of para-hydroxylation sites is 1. The lowest BCUT2D eigenvalue weighted by Gasteiger charge is -2.20. The molecule has 0 amide bonds. The molecule has 32 heavy (non-hydrogen) atoms. The number of rotatable bonds is 6. The molecule has 0 saturated heterocycles. The highest BCUT2D eigenvalue weighted by molar-refractivity contribution is 7.49. The molecule has 0 aliphatic carbocycles. The maximum absolute atomic E-state index is 13.8. The lowest BCUT2D eigenvalue weighted by atomic mass is 10.3. The Hall–Kier alpha value is -4.02. The number of phosphoric ester groups is 1. The first-order valence-corrected chi connectivity index (χ1v) is 10.8. The summed E-state index contributed by atoms with van der Waals surface area (Å²) in [4.78, 5) is 0. The first kappa shape index (κ1) is 19.9. The highest BCUT2D eigenvalue weighted by Crippen LogP contribution is 2.55. The van der Waals surface area contributed by atoms with Gasteiger partial charge in [0.2, 0.25) is 11.5 Å². The minimum Gasteiger partial charge on any atom is -0.504 e. The monoisotopic (exact) mass is 474 g/mol. The van der Waals surface area contributed by atoms with Crippen LogP contribution in [-0.4, -0.2) is 41.0 Å². The fourth-order valence-corrected chi connectivity index (χ4v) is 4.40. The predicted octanol–water partition coefficient (Wildman–Crippen LogP) is 3.94.